The van der Waals surface area contributed by atoms with Gasteiger partial charge < -0.3 is 15.0 Å². The lowest BCUT2D eigenvalue weighted by atomic mass is 10.3. The second kappa shape index (κ2) is 6.60. The third kappa shape index (κ3) is 4.40. The molecule has 0 aliphatic heterocycles. The summed E-state index contributed by atoms with van der Waals surface area (Å²) in [5.74, 6) is -0.0977. The first-order valence-electron chi connectivity index (χ1n) is 6.65. The molecule has 1 N–H and O–H groups in total. The molecule has 0 atom stereocenters. The number of nitrogens with one attached hydrogen (secondary N) is 1. The first-order chi connectivity index (χ1) is 10.3. The van der Waals surface area contributed by atoms with Crippen molar-refractivity contribution in [3.8, 4) is 5.88 Å². The van der Waals surface area contributed by atoms with E-state index in [1.807, 2.05) is 0 Å². The van der Waals surface area contributed by atoms with E-state index in [0.29, 0.717) is 12.2 Å². The van der Waals surface area contributed by atoms with Gasteiger partial charge in [0.1, 0.15) is 11.6 Å². The number of pyridine rings is 1. The van der Waals surface area contributed by atoms with Gasteiger partial charge in [0, 0.05) is 19.3 Å². The third-order valence-electron chi connectivity index (χ3n) is 3.17. The molecule has 1 aromatic heterocycles. The molecule has 2 amide bonds. The smallest absolute Gasteiger partial charge is 0.417 e. The summed E-state index contributed by atoms with van der Waals surface area (Å²) in [6.45, 7) is 0.261. The van der Waals surface area contributed by atoms with Crippen molar-refractivity contribution in [2.24, 2.45) is 0 Å². The molecule has 1 saturated carbocycles. The molecule has 0 bridgehead atoms. The minimum absolute atomic E-state index is 0.0579. The summed E-state index contributed by atoms with van der Waals surface area (Å²) in [4.78, 5) is 16.8. The predicted molar refractivity (Wildman–Crippen MR) is 73.9 cm³/mol. The highest BCUT2D eigenvalue weighted by Crippen LogP contribution is 2.33. The van der Waals surface area contributed by atoms with Gasteiger partial charge in [0.2, 0.25) is 5.88 Å². The molecule has 1 aromatic rings. The van der Waals surface area contributed by atoms with Gasteiger partial charge in [-0.2, -0.15) is 13.2 Å². The van der Waals surface area contributed by atoms with E-state index >= 15 is 0 Å². The van der Waals surface area contributed by atoms with Gasteiger partial charge in [-0.3, -0.25) is 0 Å². The average molecular weight is 338 g/mol. The number of urea groups is 1. The van der Waals surface area contributed by atoms with E-state index in [9.17, 15) is 18.0 Å². The van der Waals surface area contributed by atoms with Crippen LogP contribution in [-0.4, -0.2) is 42.2 Å². The Morgan fingerprint density at radius 3 is 2.77 bits per heavy atom. The van der Waals surface area contributed by atoms with Crippen LogP contribution >= 0.6 is 11.6 Å². The maximum absolute atomic E-state index is 12.4. The van der Waals surface area contributed by atoms with Crippen LogP contribution in [0, 0.1) is 0 Å². The third-order valence-corrected chi connectivity index (χ3v) is 3.44. The number of hydrogen-bond acceptors (Lipinski definition) is 3. The van der Waals surface area contributed by atoms with Crippen molar-refractivity contribution in [3.05, 3.63) is 22.8 Å². The Hall–Kier alpha value is -1.70. The Morgan fingerprint density at radius 1 is 1.55 bits per heavy atom. The van der Waals surface area contributed by atoms with Crippen molar-refractivity contribution in [1.29, 1.82) is 0 Å². The van der Waals surface area contributed by atoms with Crippen molar-refractivity contribution in [1.82, 2.24) is 15.2 Å². The lowest BCUT2D eigenvalue weighted by Crippen LogP contribution is -2.40. The minimum Gasteiger partial charge on any atom is -0.475 e. The maximum Gasteiger partial charge on any atom is 0.417 e. The fraction of sp³-hybridized carbons (Fsp3) is 0.538. The maximum atomic E-state index is 12.4. The van der Waals surface area contributed by atoms with Crippen LogP contribution in [0.25, 0.3) is 0 Å². The van der Waals surface area contributed by atoms with Gasteiger partial charge >= 0.3 is 12.2 Å². The predicted octanol–water partition coefficient (Wildman–Crippen LogP) is 2.94. The van der Waals surface area contributed by atoms with Crippen LogP contribution in [0.1, 0.15) is 18.4 Å². The van der Waals surface area contributed by atoms with E-state index in [0.717, 1.165) is 18.9 Å². The normalized spacial score (nSPS) is 14.6. The lowest BCUT2D eigenvalue weighted by molar-refractivity contribution is -0.137. The van der Waals surface area contributed by atoms with Crippen LogP contribution < -0.4 is 10.1 Å². The van der Waals surface area contributed by atoms with Crippen LogP contribution in [0.5, 0.6) is 5.88 Å². The van der Waals surface area contributed by atoms with Gasteiger partial charge in [0.05, 0.1) is 12.1 Å². The highest BCUT2D eigenvalue weighted by Gasteiger charge is 2.32. The van der Waals surface area contributed by atoms with Gasteiger partial charge in [-0.1, -0.05) is 11.6 Å². The molecule has 5 nitrogen and oxygen atoms in total. The SMILES string of the molecule is CN(C(=O)NCCOc1ncc(C(F)(F)F)cc1Cl)C1CC1. The molecular formula is C13H15ClF3N3O2. The molecule has 0 aromatic carbocycles. The van der Waals surface area contributed by atoms with Gasteiger partial charge in [0.25, 0.3) is 0 Å². The lowest BCUT2D eigenvalue weighted by Gasteiger charge is -2.17. The van der Waals surface area contributed by atoms with Crippen molar-refractivity contribution in [3.63, 3.8) is 0 Å². The summed E-state index contributed by atoms with van der Waals surface area (Å²) >= 11 is 5.69. The topological polar surface area (TPSA) is 54.5 Å². The molecule has 2 rings (SSSR count). The number of aromatic nitrogens is 1. The zero-order chi connectivity index (χ0) is 16.3. The van der Waals surface area contributed by atoms with E-state index in [-0.39, 0.29) is 30.1 Å². The molecule has 1 aliphatic rings. The van der Waals surface area contributed by atoms with Gasteiger partial charge in [-0.15, -0.1) is 0 Å². The fourth-order valence-electron chi connectivity index (χ4n) is 1.74. The molecule has 1 aliphatic carbocycles. The number of carbonyl (C=O) groups excluding carboxylic acids is 1. The summed E-state index contributed by atoms with van der Waals surface area (Å²) in [6.07, 6.45) is -1.84. The Labute approximate surface area is 130 Å². The molecule has 0 unspecified atom stereocenters. The summed E-state index contributed by atoms with van der Waals surface area (Å²) in [7, 11) is 1.71. The Morgan fingerprint density at radius 2 is 2.23 bits per heavy atom. The summed E-state index contributed by atoms with van der Waals surface area (Å²) in [6, 6.07) is 0.841. The van der Waals surface area contributed by atoms with Gasteiger partial charge in [-0.05, 0) is 18.9 Å². The molecule has 1 fully saturated rings. The number of carbonyl (C=O) groups is 1. The highest BCUT2D eigenvalue weighted by atomic mass is 35.5. The summed E-state index contributed by atoms with van der Waals surface area (Å²) < 4.78 is 42.5. The van der Waals surface area contributed by atoms with Crippen LogP contribution in [0.15, 0.2) is 12.3 Å². The van der Waals surface area contributed by atoms with Crippen molar-refractivity contribution >= 4 is 17.6 Å². The second-order valence-corrected chi connectivity index (χ2v) is 5.34. The number of ether oxygens (including phenoxy) is 1. The molecular weight excluding hydrogens is 323 g/mol. The standard InChI is InChI=1S/C13H15ClF3N3O2/c1-20(9-2-3-9)12(21)18-4-5-22-11-10(14)6-8(7-19-11)13(15,16)17/h6-7,9H,2-5H2,1H3,(H,18,21). The molecule has 22 heavy (non-hydrogen) atoms. The molecule has 0 spiro atoms. The number of rotatable bonds is 5. The van der Waals surface area contributed by atoms with Crippen LogP contribution in [0.2, 0.25) is 5.02 Å². The number of hydrogen-bond donors (Lipinski definition) is 1. The molecule has 122 valence electrons. The first kappa shape index (κ1) is 16.7. The number of nitrogens with zero attached hydrogens (tertiary/aromatic N) is 2. The van der Waals surface area contributed by atoms with E-state index in [2.05, 4.69) is 10.3 Å². The van der Waals surface area contributed by atoms with E-state index in [4.69, 9.17) is 16.3 Å². The number of halogens is 4. The van der Waals surface area contributed by atoms with E-state index in [1.165, 1.54) is 0 Å². The number of amides is 2. The average Bonchev–Trinajstić information content (AvgIpc) is 3.27. The van der Waals surface area contributed by atoms with Crippen molar-refractivity contribution < 1.29 is 22.7 Å². The van der Waals surface area contributed by atoms with E-state index in [1.54, 1.807) is 11.9 Å². The zero-order valence-electron chi connectivity index (χ0n) is 11.8. The van der Waals surface area contributed by atoms with Crippen LogP contribution in [0.3, 0.4) is 0 Å². The monoisotopic (exact) mass is 337 g/mol. The van der Waals surface area contributed by atoms with Crippen LogP contribution in [0.4, 0.5) is 18.0 Å². The largest absolute Gasteiger partial charge is 0.475 e. The van der Waals surface area contributed by atoms with Crippen LogP contribution in [-0.2, 0) is 6.18 Å². The van der Waals surface area contributed by atoms with E-state index < -0.39 is 11.7 Å². The van der Waals surface area contributed by atoms with Gasteiger partial charge in [0.15, 0.2) is 0 Å². The molecule has 0 radical (unpaired) electrons. The Bertz CT molecular complexity index is 550. The quantitative estimate of drug-likeness (QED) is 0.840. The minimum atomic E-state index is -4.50. The summed E-state index contributed by atoms with van der Waals surface area (Å²) in [5, 5.41) is 2.41. The van der Waals surface area contributed by atoms with Crippen molar-refractivity contribution in [2.45, 2.75) is 25.1 Å². The molecule has 1 heterocycles. The molecule has 9 heteroatoms. The zero-order valence-corrected chi connectivity index (χ0v) is 12.5. The Balaban J connectivity index is 1.78. The highest BCUT2D eigenvalue weighted by molar-refractivity contribution is 6.31. The van der Waals surface area contributed by atoms with Gasteiger partial charge in [-0.25, -0.2) is 9.78 Å². The molecule has 0 saturated heterocycles. The Kier molecular flexibility index (Phi) is 5.00. The first-order valence-corrected chi connectivity index (χ1v) is 7.03. The van der Waals surface area contributed by atoms with Crippen molar-refractivity contribution in [2.75, 3.05) is 20.2 Å². The fourth-order valence-corrected chi connectivity index (χ4v) is 1.97. The number of alkyl halides is 3. The summed E-state index contributed by atoms with van der Waals surface area (Å²) in [5.41, 5.74) is -0.941. The second-order valence-electron chi connectivity index (χ2n) is 4.93.